The van der Waals surface area contributed by atoms with Crippen molar-refractivity contribution in [2.75, 3.05) is 13.2 Å². The molecular weight excluding hydrogens is 344 g/mol. The van der Waals surface area contributed by atoms with Crippen LogP contribution >= 0.6 is 0 Å². The van der Waals surface area contributed by atoms with E-state index in [0.29, 0.717) is 5.56 Å². The molecule has 0 bridgehead atoms. The molecule has 5 heteroatoms. The minimum atomic E-state index is -0.800. The predicted molar refractivity (Wildman–Crippen MR) is 102 cm³/mol. The van der Waals surface area contributed by atoms with Crippen LogP contribution < -0.4 is 0 Å². The molecule has 0 amide bonds. The Hall–Kier alpha value is -2.95. The first-order valence-corrected chi connectivity index (χ1v) is 9.06. The Kier molecular flexibility index (Phi) is 7.74. The van der Waals surface area contributed by atoms with E-state index in [2.05, 4.69) is 0 Å². The van der Waals surface area contributed by atoms with Gasteiger partial charge in [-0.05, 0) is 25.0 Å². The van der Waals surface area contributed by atoms with E-state index in [9.17, 15) is 14.4 Å². The molecule has 0 atom stereocenters. The average Bonchev–Trinajstić information content (AvgIpc) is 2.68. The fourth-order valence-corrected chi connectivity index (χ4v) is 2.79. The lowest BCUT2D eigenvalue weighted by molar-refractivity contribution is -0.146. The van der Waals surface area contributed by atoms with Crippen LogP contribution in [0, 0.1) is 5.92 Å². The van der Waals surface area contributed by atoms with E-state index in [4.69, 9.17) is 9.47 Å². The van der Waals surface area contributed by atoms with Gasteiger partial charge in [0, 0.05) is 11.5 Å². The van der Waals surface area contributed by atoms with Crippen LogP contribution in [0.25, 0.3) is 11.1 Å². The highest BCUT2D eigenvalue weighted by molar-refractivity contribution is 6.01. The first-order chi connectivity index (χ1) is 13.0. The second-order valence-corrected chi connectivity index (χ2v) is 6.02. The molecule has 142 valence electrons. The Morgan fingerprint density at radius 1 is 0.741 bits per heavy atom. The van der Waals surface area contributed by atoms with Crippen molar-refractivity contribution in [2.45, 2.75) is 26.7 Å². The molecular formula is C22H24O5. The molecule has 0 fully saturated rings. The van der Waals surface area contributed by atoms with Crippen molar-refractivity contribution in [3.8, 4) is 11.1 Å². The quantitative estimate of drug-likeness (QED) is 0.493. The summed E-state index contributed by atoms with van der Waals surface area (Å²) >= 11 is 0. The molecule has 2 rings (SSSR count). The summed E-state index contributed by atoms with van der Waals surface area (Å²) in [5.41, 5.74) is 2.49. The van der Waals surface area contributed by atoms with Gasteiger partial charge < -0.3 is 9.47 Å². The third-order valence-corrected chi connectivity index (χ3v) is 4.08. The molecule has 0 aliphatic rings. The maximum atomic E-state index is 12.9. The molecule has 27 heavy (non-hydrogen) atoms. The van der Waals surface area contributed by atoms with Gasteiger partial charge in [0.05, 0.1) is 26.1 Å². The van der Waals surface area contributed by atoms with Crippen LogP contribution in [0.1, 0.15) is 37.0 Å². The van der Waals surface area contributed by atoms with Crippen molar-refractivity contribution in [1.82, 2.24) is 0 Å². The van der Waals surface area contributed by atoms with E-state index in [1.165, 1.54) is 0 Å². The van der Waals surface area contributed by atoms with Crippen LogP contribution in [0.15, 0.2) is 54.6 Å². The standard InChI is InChI=1S/C22H24O5/c1-3-26-20(23)14-19(15-21(24)27-4-2)22(25)18-12-10-17(11-13-18)16-8-6-5-7-9-16/h5-13,19H,3-4,14-15H2,1-2H3. The maximum absolute atomic E-state index is 12.9. The van der Waals surface area contributed by atoms with Gasteiger partial charge in [0.25, 0.3) is 0 Å². The molecule has 0 unspecified atom stereocenters. The zero-order valence-electron chi connectivity index (χ0n) is 15.6. The van der Waals surface area contributed by atoms with Gasteiger partial charge in [-0.15, -0.1) is 0 Å². The van der Waals surface area contributed by atoms with Crippen molar-refractivity contribution in [3.05, 3.63) is 60.2 Å². The fourth-order valence-electron chi connectivity index (χ4n) is 2.79. The molecule has 0 aromatic heterocycles. The molecule has 0 radical (unpaired) electrons. The summed E-state index contributed by atoms with van der Waals surface area (Å²) < 4.78 is 9.87. The molecule has 2 aromatic carbocycles. The zero-order valence-corrected chi connectivity index (χ0v) is 15.6. The summed E-state index contributed by atoms with van der Waals surface area (Å²) in [6, 6.07) is 17.0. The predicted octanol–water partition coefficient (Wildman–Crippen LogP) is 4.06. The van der Waals surface area contributed by atoms with Crippen molar-refractivity contribution < 1.29 is 23.9 Å². The zero-order chi connectivity index (χ0) is 19.6. The van der Waals surface area contributed by atoms with E-state index in [1.807, 2.05) is 42.5 Å². The minimum Gasteiger partial charge on any atom is -0.466 e. The van der Waals surface area contributed by atoms with E-state index in [1.54, 1.807) is 26.0 Å². The summed E-state index contributed by atoms with van der Waals surface area (Å²) in [5, 5.41) is 0. The average molecular weight is 368 g/mol. The molecule has 0 aliphatic carbocycles. The SMILES string of the molecule is CCOC(=O)CC(CC(=O)OCC)C(=O)c1ccc(-c2ccccc2)cc1. The lowest BCUT2D eigenvalue weighted by atomic mass is 9.91. The van der Waals surface area contributed by atoms with Gasteiger partial charge in [0.15, 0.2) is 5.78 Å². The van der Waals surface area contributed by atoms with E-state index in [-0.39, 0.29) is 31.8 Å². The molecule has 0 aliphatic heterocycles. The van der Waals surface area contributed by atoms with Crippen LogP contribution in [0.5, 0.6) is 0 Å². The summed E-state index contributed by atoms with van der Waals surface area (Å²) in [7, 11) is 0. The Labute approximate surface area is 159 Å². The number of Topliss-reactive ketones (excluding diaryl/α,β-unsaturated/α-hetero) is 1. The lowest BCUT2D eigenvalue weighted by Crippen LogP contribution is -2.24. The largest absolute Gasteiger partial charge is 0.466 e. The Bertz CT molecular complexity index is 745. The topological polar surface area (TPSA) is 69.7 Å². The number of ketones is 1. The van der Waals surface area contributed by atoms with E-state index >= 15 is 0 Å². The molecule has 0 spiro atoms. The smallest absolute Gasteiger partial charge is 0.306 e. The normalized spacial score (nSPS) is 10.5. The molecule has 0 saturated carbocycles. The van der Waals surface area contributed by atoms with Crippen LogP contribution in [0.4, 0.5) is 0 Å². The monoisotopic (exact) mass is 368 g/mol. The number of benzene rings is 2. The van der Waals surface area contributed by atoms with E-state index < -0.39 is 17.9 Å². The number of carbonyl (C=O) groups excluding carboxylic acids is 3. The summed E-state index contributed by atoms with van der Waals surface area (Å²) in [4.78, 5) is 36.5. The first kappa shape index (κ1) is 20.4. The van der Waals surface area contributed by atoms with Gasteiger partial charge in [-0.25, -0.2) is 0 Å². The second-order valence-electron chi connectivity index (χ2n) is 6.02. The highest BCUT2D eigenvalue weighted by Gasteiger charge is 2.27. The highest BCUT2D eigenvalue weighted by Crippen LogP contribution is 2.23. The van der Waals surface area contributed by atoms with Gasteiger partial charge >= 0.3 is 11.9 Å². The summed E-state index contributed by atoms with van der Waals surface area (Å²) in [5.74, 6) is -2.07. The number of hydrogen-bond acceptors (Lipinski definition) is 5. The van der Waals surface area contributed by atoms with Gasteiger partial charge in [0.2, 0.25) is 0 Å². The Balaban J connectivity index is 2.17. The molecule has 0 saturated heterocycles. The van der Waals surface area contributed by atoms with Crippen LogP contribution in [-0.4, -0.2) is 30.9 Å². The summed E-state index contributed by atoms with van der Waals surface area (Å²) in [6.45, 7) is 3.85. The minimum absolute atomic E-state index is 0.147. The van der Waals surface area contributed by atoms with Gasteiger partial charge in [-0.2, -0.15) is 0 Å². The van der Waals surface area contributed by atoms with Crippen LogP contribution in [0.2, 0.25) is 0 Å². The number of ether oxygens (including phenoxy) is 2. The Morgan fingerprint density at radius 2 is 1.22 bits per heavy atom. The third kappa shape index (κ3) is 6.06. The number of rotatable bonds is 9. The number of esters is 2. The van der Waals surface area contributed by atoms with Gasteiger partial charge in [0.1, 0.15) is 0 Å². The molecule has 0 N–H and O–H groups in total. The van der Waals surface area contributed by atoms with Crippen LogP contribution in [0.3, 0.4) is 0 Å². The molecule has 5 nitrogen and oxygen atoms in total. The second kappa shape index (κ2) is 10.3. The molecule has 0 heterocycles. The highest BCUT2D eigenvalue weighted by atomic mass is 16.5. The van der Waals surface area contributed by atoms with Crippen molar-refractivity contribution in [2.24, 2.45) is 5.92 Å². The lowest BCUT2D eigenvalue weighted by Gasteiger charge is -2.15. The maximum Gasteiger partial charge on any atom is 0.306 e. The Morgan fingerprint density at radius 3 is 1.70 bits per heavy atom. The van der Waals surface area contributed by atoms with E-state index in [0.717, 1.165) is 11.1 Å². The van der Waals surface area contributed by atoms with Crippen molar-refractivity contribution in [3.63, 3.8) is 0 Å². The fraction of sp³-hybridized carbons (Fsp3) is 0.318. The third-order valence-electron chi connectivity index (χ3n) is 4.08. The van der Waals surface area contributed by atoms with Gasteiger partial charge in [-0.1, -0.05) is 54.6 Å². The van der Waals surface area contributed by atoms with Gasteiger partial charge in [-0.3, -0.25) is 14.4 Å². The molecule has 2 aromatic rings. The van der Waals surface area contributed by atoms with Crippen molar-refractivity contribution >= 4 is 17.7 Å². The summed E-state index contributed by atoms with van der Waals surface area (Å²) in [6.07, 6.45) is -0.294. The number of hydrogen-bond donors (Lipinski definition) is 0. The van der Waals surface area contributed by atoms with Crippen LogP contribution in [-0.2, 0) is 19.1 Å². The number of carbonyl (C=O) groups is 3. The first-order valence-electron chi connectivity index (χ1n) is 9.06. The van der Waals surface area contributed by atoms with Crippen molar-refractivity contribution in [1.29, 1.82) is 0 Å².